The van der Waals surface area contributed by atoms with E-state index in [0.717, 1.165) is 24.2 Å². The van der Waals surface area contributed by atoms with Gasteiger partial charge in [0.2, 0.25) is 0 Å². The monoisotopic (exact) mass is 244 g/mol. The summed E-state index contributed by atoms with van der Waals surface area (Å²) < 4.78 is 1.86. The second-order valence-corrected chi connectivity index (χ2v) is 4.45. The Morgan fingerprint density at radius 2 is 1.94 bits per heavy atom. The van der Waals surface area contributed by atoms with Crippen LogP contribution in [0.5, 0.6) is 0 Å². The quantitative estimate of drug-likeness (QED) is 0.846. The van der Waals surface area contributed by atoms with Gasteiger partial charge in [-0.3, -0.25) is 0 Å². The fraction of sp³-hybridized carbons (Fsp3) is 0.429. The summed E-state index contributed by atoms with van der Waals surface area (Å²) in [5.74, 6) is 0. The predicted octanol–water partition coefficient (Wildman–Crippen LogP) is 2.11. The molecule has 0 atom stereocenters. The molecule has 2 N–H and O–H groups in total. The lowest BCUT2D eigenvalue weighted by atomic mass is 10.1. The lowest BCUT2D eigenvalue weighted by molar-refractivity contribution is 0.753. The summed E-state index contributed by atoms with van der Waals surface area (Å²) in [4.78, 5) is 0. The minimum Gasteiger partial charge on any atom is -0.330 e. The van der Waals surface area contributed by atoms with Crippen molar-refractivity contribution in [1.29, 1.82) is 0 Å². The van der Waals surface area contributed by atoms with Gasteiger partial charge in [0, 0.05) is 6.42 Å². The van der Waals surface area contributed by atoms with Crippen molar-refractivity contribution in [3.63, 3.8) is 0 Å². The van der Waals surface area contributed by atoms with Crippen molar-refractivity contribution in [1.82, 2.24) is 15.0 Å². The van der Waals surface area contributed by atoms with Gasteiger partial charge in [-0.05, 0) is 37.1 Å². The first-order chi connectivity index (χ1) is 8.85. The van der Waals surface area contributed by atoms with E-state index in [2.05, 4.69) is 41.5 Å². The molecule has 1 aromatic heterocycles. The van der Waals surface area contributed by atoms with Gasteiger partial charge in [0.15, 0.2) is 0 Å². The Balaban J connectivity index is 2.15. The molecule has 0 aliphatic rings. The SMILES string of the molecule is CCCCc1ccc(-n2nncc2CCN)cc1. The molecule has 0 unspecified atom stereocenters. The number of nitrogens with zero attached hydrogens (tertiary/aromatic N) is 3. The zero-order valence-corrected chi connectivity index (χ0v) is 10.8. The molecule has 0 radical (unpaired) electrons. The van der Waals surface area contributed by atoms with Gasteiger partial charge in [-0.25, -0.2) is 4.68 Å². The van der Waals surface area contributed by atoms with Crippen LogP contribution in [0.1, 0.15) is 31.0 Å². The smallest absolute Gasteiger partial charge is 0.0730 e. The molecular formula is C14H20N4. The Morgan fingerprint density at radius 1 is 1.17 bits per heavy atom. The maximum Gasteiger partial charge on any atom is 0.0730 e. The first kappa shape index (κ1) is 12.8. The lowest BCUT2D eigenvalue weighted by Gasteiger charge is -2.06. The third-order valence-electron chi connectivity index (χ3n) is 3.02. The molecule has 0 saturated carbocycles. The van der Waals surface area contributed by atoms with E-state index in [1.807, 2.05) is 4.68 Å². The summed E-state index contributed by atoms with van der Waals surface area (Å²) in [6.07, 6.45) is 6.18. The van der Waals surface area contributed by atoms with Crippen LogP contribution in [0.15, 0.2) is 30.5 Å². The van der Waals surface area contributed by atoms with Crippen LogP contribution in [0.2, 0.25) is 0 Å². The number of aromatic nitrogens is 3. The molecule has 2 rings (SSSR count). The normalized spacial score (nSPS) is 10.8. The van der Waals surface area contributed by atoms with Gasteiger partial charge in [-0.2, -0.15) is 0 Å². The fourth-order valence-corrected chi connectivity index (χ4v) is 1.98. The van der Waals surface area contributed by atoms with Gasteiger partial charge in [0.05, 0.1) is 17.6 Å². The lowest BCUT2D eigenvalue weighted by Crippen LogP contribution is -2.08. The Labute approximate surface area is 108 Å². The van der Waals surface area contributed by atoms with Crippen LogP contribution in [-0.2, 0) is 12.8 Å². The maximum absolute atomic E-state index is 5.58. The number of nitrogens with two attached hydrogens (primary N) is 1. The average Bonchev–Trinajstić information content (AvgIpc) is 2.86. The van der Waals surface area contributed by atoms with Gasteiger partial charge < -0.3 is 5.73 Å². The van der Waals surface area contributed by atoms with Gasteiger partial charge in [0.1, 0.15) is 0 Å². The molecule has 0 bridgehead atoms. The molecule has 1 aromatic carbocycles. The highest BCUT2D eigenvalue weighted by Crippen LogP contribution is 2.12. The molecule has 1 heterocycles. The number of aryl methyl sites for hydroxylation is 1. The highest BCUT2D eigenvalue weighted by molar-refractivity contribution is 5.35. The summed E-state index contributed by atoms with van der Waals surface area (Å²) in [7, 11) is 0. The third kappa shape index (κ3) is 2.96. The zero-order chi connectivity index (χ0) is 12.8. The van der Waals surface area contributed by atoms with E-state index in [0.29, 0.717) is 6.54 Å². The first-order valence-corrected chi connectivity index (χ1v) is 6.54. The van der Waals surface area contributed by atoms with Gasteiger partial charge >= 0.3 is 0 Å². The van der Waals surface area contributed by atoms with E-state index >= 15 is 0 Å². The van der Waals surface area contributed by atoms with Crippen LogP contribution in [0.3, 0.4) is 0 Å². The van der Waals surface area contributed by atoms with Crippen LogP contribution >= 0.6 is 0 Å². The van der Waals surface area contributed by atoms with Crippen LogP contribution in [0.25, 0.3) is 5.69 Å². The van der Waals surface area contributed by atoms with Crippen molar-refractivity contribution in [2.75, 3.05) is 6.54 Å². The molecule has 2 aromatic rings. The summed E-state index contributed by atoms with van der Waals surface area (Å²) in [5.41, 5.74) is 9.06. The van der Waals surface area contributed by atoms with Crippen molar-refractivity contribution in [2.45, 2.75) is 32.6 Å². The molecule has 4 nitrogen and oxygen atoms in total. The largest absolute Gasteiger partial charge is 0.330 e. The molecule has 0 aliphatic carbocycles. The minimum atomic E-state index is 0.613. The Kier molecular flexibility index (Phi) is 4.47. The highest BCUT2D eigenvalue weighted by atomic mass is 15.4. The third-order valence-corrected chi connectivity index (χ3v) is 3.02. The predicted molar refractivity (Wildman–Crippen MR) is 72.7 cm³/mol. The Bertz CT molecular complexity index is 473. The van der Waals surface area contributed by atoms with E-state index in [9.17, 15) is 0 Å². The zero-order valence-electron chi connectivity index (χ0n) is 10.8. The van der Waals surface area contributed by atoms with Gasteiger partial charge in [-0.1, -0.05) is 30.7 Å². The van der Waals surface area contributed by atoms with E-state index in [1.54, 1.807) is 6.20 Å². The summed E-state index contributed by atoms with van der Waals surface area (Å²) in [5, 5.41) is 8.05. The van der Waals surface area contributed by atoms with Gasteiger partial charge in [0.25, 0.3) is 0 Å². The molecule has 18 heavy (non-hydrogen) atoms. The van der Waals surface area contributed by atoms with Crippen LogP contribution in [0, 0.1) is 0 Å². The number of unbranched alkanes of at least 4 members (excludes halogenated alkanes) is 1. The van der Waals surface area contributed by atoms with Crippen molar-refractivity contribution in [3.8, 4) is 5.69 Å². The average molecular weight is 244 g/mol. The van der Waals surface area contributed by atoms with Crippen LogP contribution in [0.4, 0.5) is 0 Å². The van der Waals surface area contributed by atoms with Crippen molar-refractivity contribution in [3.05, 3.63) is 41.7 Å². The summed E-state index contributed by atoms with van der Waals surface area (Å²) >= 11 is 0. The number of hydrogen-bond acceptors (Lipinski definition) is 3. The van der Waals surface area contributed by atoms with E-state index in [-0.39, 0.29) is 0 Å². The number of benzene rings is 1. The van der Waals surface area contributed by atoms with E-state index in [4.69, 9.17) is 5.73 Å². The summed E-state index contributed by atoms with van der Waals surface area (Å²) in [6, 6.07) is 8.52. The Hall–Kier alpha value is -1.68. The van der Waals surface area contributed by atoms with Gasteiger partial charge in [-0.15, -0.1) is 5.10 Å². The minimum absolute atomic E-state index is 0.613. The number of hydrogen-bond donors (Lipinski definition) is 1. The number of rotatable bonds is 6. The van der Waals surface area contributed by atoms with Crippen LogP contribution < -0.4 is 5.73 Å². The summed E-state index contributed by atoms with van der Waals surface area (Å²) in [6.45, 7) is 2.82. The van der Waals surface area contributed by atoms with Crippen LogP contribution in [-0.4, -0.2) is 21.5 Å². The van der Waals surface area contributed by atoms with E-state index < -0.39 is 0 Å². The Morgan fingerprint density at radius 3 is 2.61 bits per heavy atom. The highest BCUT2D eigenvalue weighted by Gasteiger charge is 2.05. The van der Waals surface area contributed by atoms with E-state index in [1.165, 1.54) is 18.4 Å². The molecule has 96 valence electrons. The molecular weight excluding hydrogens is 224 g/mol. The molecule has 4 heteroatoms. The fourth-order valence-electron chi connectivity index (χ4n) is 1.98. The van der Waals surface area contributed by atoms with Crippen molar-refractivity contribution in [2.24, 2.45) is 5.73 Å². The molecule has 0 saturated heterocycles. The standard InChI is InChI=1S/C14H20N4/c1-2-3-4-12-5-7-13(8-6-12)18-14(9-10-15)11-16-17-18/h5-8,11H,2-4,9-10,15H2,1H3. The van der Waals surface area contributed by atoms with Crippen molar-refractivity contribution < 1.29 is 0 Å². The maximum atomic E-state index is 5.58. The molecule has 0 fully saturated rings. The second-order valence-electron chi connectivity index (χ2n) is 4.45. The molecule has 0 amide bonds. The molecule has 0 aliphatic heterocycles. The molecule has 0 spiro atoms. The second kappa shape index (κ2) is 6.31. The van der Waals surface area contributed by atoms with Crippen molar-refractivity contribution >= 4 is 0 Å². The first-order valence-electron chi connectivity index (χ1n) is 6.54. The topological polar surface area (TPSA) is 56.7 Å².